The Bertz CT molecular complexity index is 384. The van der Waals surface area contributed by atoms with Crippen LogP contribution in [0.5, 0.6) is 0 Å². The number of rotatable bonds is 1. The van der Waals surface area contributed by atoms with Crippen molar-refractivity contribution in [3.8, 4) is 11.8 Å². The van der Waals surface area contributed by atoms with Crippen LogP contribution in [-0.2, 0) is 4.79 Å². The molecule has 0 amide bonds. The van der Waals surface area contributed by atoms with E-state index in [-0.39, 0.29) is 0 Å². The van der Waals surface area contributed by atoms with Crippen molar-refractivity contribution in [1.82, 2.24) is 0 Å². The molecular formula is C12H8O. The molecule has 0 N–H and O–H groups in total. The van der Waals surface area contributed by atoms with E-state index in [1.54, 1.807) is 18.1 Å². The molecule has 0 heterocycles. The van der Waals surface area contributed by atoms with Gasteiger partial charge in [0, 0.05) is 11.6 Å². The van der Waals surface area contributed by atoms with E-state index >= 15 is 0 Å². The fourth-order valence-corrected chi connectivity index (χ4v) is 0.782. The van der Waals surface area contributed by atoms with Crippen LogP contribution in [0.4, 0.5) is 0 Å². The fraction of sp³-hybridized carbons (Fsp3) is 0. The highest BCUT2D eigenvalue weighted by molar-refractivity contribution is 5.49. The van der Waals surface area contributed by atoms with Crippen LogP contribution in [-0.4, -0.2) is 5.94 Å². The number of hydrogen-bond donors (Lipinski definition) is 0. The number of hydrogen-bond acceptors (Lipinski definition) is 1. The standard InChI is InChI=1S/C12H8O/c13-11-7-2-1-4-8-12-9-5-3-6-10-12/h1-3,5-7,9-10H/b2-1+. The molecule has 0 atom stereocenters. The van der Waals surface area contributed by atoms with E-state index in [0.717, 1.165) is 5.56 Å². The number of carbonyl (C=O) groups excluding carboxylic acids is 1. The molecule has 0 aliphatic heterocycles. The van der Waals surface area contributed by atoms with Crippen LogP contribution in [0.3, 0.4) is 0 Å². The third-order valence-electron chi connectivity index (χ3n) is 1.33. The first-order valence-corrected chi connectivity index (χ1v) is 3.86. The molecule has 13 heavy (non-hydrogen) atoms. The van der Waals surface area contributed by atoms with Gasteiger partial charge < -0.3 is 0 Å². The van der Waals surface area contributed by atoms with Gasteiger partial charge in [0.2, 0.25) is 0 Å². The average Bonchev–Trinajstić information content (AvgIpc) is 2.19. The van der Waals surface area contributed by atoms with Crippen molar-refractivity contribution in [3.63, 3.8) is 0 Å². The summed E-state index contributed by atoms with van der Waals surface area (Å²) in [7, 11) is 0. The summed E-state index contributed by atoms with van der Waals surface area (Å²) < 4.78 is 0. The SMILES string of the molecule is O=C=C/C=C/C#Cc1ccccc1. The predicted molar refractivity (Wildman–Crippen MR) is 52.7 cm³/mol. The largest absolute Gasteiger partial charge is 0.234 e. The molecule has 0 bridgehead atoms. The Morgan fingerprint density at radius 1 is 1.15 bits per heavy atom. The Hall–Kier alpha value is -2.03. The summed E-state index contributed by atoms with van der Waals surface area (Å²) in [6.45, 7) is 0. The van der Waals surface area contributed by atoms with Crippen LogP contribution in [0.2, 0.25) is 0 Å². The second kappa shape index (κ2) is 5.60. The molecule has 1 heteroatoms. The number of benzene rings is 1. The van der Waals surface area contributed by atoms with E-state index in [4.69, 9.17) is 0 Å². The van der Waals surface area contributed by atoms with Crippen molar-refractivity contribution in [2.24, 2.45) is 0 Å². The minimum absolute atomic E-state index is 0.960. The van der Waals surface area contributed by atoms with E-state index < -0.39 is 0 Å². The summed E-state index contributed by atoms with van der Waals surface area (Å²) in [6, 6.07) is 9.65. The first-order valence-electron chi connectivity index (χ1n) is 3.86. The van der Waals surface area contributed by atoms with Crippen molar-refractivity contribution in [2.75, 3.05) is 0 Å². The summed E-state index contributed by atoms with van der Waals surface area (Å²) in [5, 5.41) is 0. The third kappa shape index (κ3) is 3.76. The molecule has 0 unspecified atom stereocenters. The number of allylic oxidation sites excluding steroid dienone is 3. The van der Waals surface area contributed by atoms with Crippen LogP contribution in [0.25, 0.3) is 0 Å². The smallest absolute Gasteiger partial charge is 0.124 e. The quantitative estimate of drug-likeness (QED) is 0.356. The van der Waals surface area contributed by atoms with Crippen molar-refractivity contribution in [3.05, 3.63) is 54.1 Å². The normalized spacial score (nSPS) is 8.62. The molecule has 0 aliphatic rings. The molecule has 0 spiro atoms. The monoisotopic (exact) mass is 168 g/mol. The van der Waals surface area contributed by atoms with E-state index in [2.05, 4.69) is 11.8 Å². The first kappa shape index (κ1) is 9.06. The van der Waals surface area contributed by atoms with E-state index in [1.165, 1.54) is 6.08 Å². The van der Waals surface area contributed by atoms with Gasteiger partial charge in [-0.3, -0.25) is 0 Å². The summed E-state index contributed by atoms with van der Waals surface area (Å²) in [5.41, 5.74) is 0.960. The maximum absolute atomic E-state index is 9.76. The molecule has 0 aromatic heterocycles. The van der Waals surface area contributed by atoms with Crippen LogP contribution < -0.4 is 0 Å². The van der Waals surface area contributed by atoms with Crippen LogP contribution in [0.1, 0.15) is 5.56 Å². The topological polar surface area (TPSA) is 17.1 Å². The Balaban J connectivity index is 2.63. The Morgan fingerprint density at radius 2 is 1.92 bits per heavy atom. The summed E-state index contributed by atoms with van der Waals surface area (Å²) in [6.07, 6.45) is 4.44. The van der Waals surface area contributed by atoms with Gasteiger partial charge in [-0.15, -0.1) is 0 Å². The highest BCUT2D eigenvalue weighted by Crippen LogP contribution is 1.94. The summed E-state index contributed by atoms with van der Waals surface area (Å²) >= 11 is 0. The summed E-state index contributed by atoms with van der Waals surface area (Å²) in [5.74, 6) is 7.35. The summed E-state index contributed by atoms with van der Waals surface area (Å²) in [4.78, 5) is 9.76. The Morgan fingerprint density at radius 3 is 2.62 bits per heavy atom. The molecule has 1 rings (SSSR count). The molecule has 0 radical (unpaired) electrons. The van der Waals surface area contributed by atoms with Gasteiger partial charge in [0.1, 0.15) is 5.94 Å². The minimum atomic E-state index is 0.960. The van der Waals surface area contributed by atoms with Gasteiger partial charge in [-0.1, -0.05) is 30.0 Å². The van der Waals surface area contributed by atoms with Crippen molar-refractivity contribution in [1.29, 1.82) is 0 Å². The van der Waals surface area contributed by atoms with Gasteiger partial charge in [-0.2, -0.15) is 0 Å². The predicted octanol–water partition coefficient (Wildman–Crippen LogP) is 1.98. The lowest BCUT2D eigenvalue weighted by molar-refractivity contribution is 0.569. The Labute approximate surface area is 77.4 Å². The van der Waals surface area contributed by atoms with E-state index in [0.29, 0.717) is 0 Å². The van der Waals surface area contributed by atoms with Gasteiger partial charge >= 0.3 is 0 Å². The zero-order valence-corrected chi connectivity index (χ0v) is 7.03. The molecule has 0 aliphatic carbocycles. The van der Waals surface area contributed by atoms with Gasteiger partial charge in [0.15, 0.2) is 0 Å². The molecule has 1 aromatic carbocycles. The minimum Gasteiger partial charge on any atom is -0.234 e. The molecule has 1 aromatic rings. The second-order valence-electron chi connectivity index (χ2n) is 2.28. The lowest BCUT2D eigenvalue weighted by atomic mass is 10.2. The van der Waals surface area contributed by atoms with Crippen LogP contribution in [0, 0.1) is 11.8 Å². The second-order valence-corrected chi connectivity index (χ2v) is 2.28. The third-order valence-corrected chi connectivity index (χ3v) is 1.33. The highest BCUT2D eigenvalue weighted by Gasteiger charge is 1.78. The van der Waals surface area contributed by atoms with Crippen LogP contribution >= 0.6 is 0 Å². The van der Waals surface area contributed by atoms with Crippen LogP contribution in [0.15, 0.2) is 48.6 Å². The molecule has 62 valence electrons. The van der Waals surface area contributed by atoms with Gasteiger partial charge in [0.05, 0.1) is 0 Å². The molecule has 1 nitrogen and oxygen atoms in total. The van der Waals surface area contributed by atoms with E-state index in [1.807, 2.05) is 30.3 Å². The van der Waals surface area contributed by atoms with Gasteiger partial charge in [0.25, 0.3) is 0 Å². The lowest BCUT2D eigenvalue weighted by Gasteiger charge is -1.83. The van der Waals surface area contributed by atoms with Gasteiger partial charge in [-0.25, -0.2) is 4.79 Å². The maximum Gasteiger partial charge on any atom is 0.124 e. The van der Waals surface area contributed by atoms with Gasteiger partial charge in [-0.05, 0) is 24.3 Å². The molecular weight excluding hydrogens is 160 g/mol. The Kier molecular flexibility index (Phi) is 3.90. The van der Waals surface area contributed by atoms with Crippen molar-refractivity contribution >= 4 is 5.94 Å². The van der Waals surface area contributed by atoms with E-state index in [9.17, 15) is 4.79 Å². The fourth-order valence-electron chi connectivity index (χ4n) is 0.782. The maximum atomic E-state index is 9.76. The molecule has 0 fully saturated rings. The highest BCUT2D eigenvalue weighted by atomic mass is 16.1. The van der Waals surface area contributed by atoms with Crippen molar-refractivity contribution < 1.29 is 4.79 Å². The van der Waals surface area contributed by atoms with Crippen molar-refractivity contribution in [2.45, 2.75) is 0 Å². The first-order chi connectivity index (χ1) is 6.43. The molecule has 0 saturated heterocycles. The lowest BCUT2D eigenvalue weighted by Crippen LogP contribution is -1.68. The average molecular weight is 168 g/mol. The molecule has 0 saturated carbocycles. The zero-order chi connectivity index (χ0) is 9.36. The zero-order valence-electron chi connectivity index (χ0n) is 7.03.